The molecular formula is C11H18N2O4. The molecule has 0 rings (SSSR count). The van der Waals surface area contributed by atoms with Crippen LogP contribution in [-0.2, 0) is 19.2 Å². The van der Waals surface area contributed by atoms with Crippen molar-refractivity contribution >= 4 is 11.9 Å². The van der Waals surface area contributed by atoms with Gasteiger partial charge in [0.2, 0.25) is 5.91 Å². The van der Waals surface area contributed by atoms with Gasteiger partial charge in [0, 0.05) is 0 Å². The summed E-state index contributed by atoms with van der Waals surface area (Å²) in [6.07, 6.45) is -0.598. The second-order valence-electron chi connectivity index (χ2n) is 4.44. The fourth-order valence-corrected chi connectivity index (χ4v) is 0.842. The van der Waals surface area contributed by atoms with E-state index in [2.05, 4.69) is 16.7 Å². The average molecular weight is 242 g/mol. The molecule has 0 aliphatic rings. The van der Waals surface area contributed by atoms with Crippen molar-refractivity contribution < 1.29 is 19.2 Å². The Balaban J connectivity index is 4.80. The molecular weight excluding hydrogens is 224 g/mol. The van der Waals surface area contributed by atoms with Gasteiger partial charge in [0.05, 0.1) is 0 Å². The topological polar surface area (TPSA) is 105 Å². The first kappa shape index (κ1) is 15.4. The predicted octanol–water partition coefficient (Wildman–Crippen LogP) is -0.288. The molecule has 0 aliphatic heterocycles. The zero-order valence-electron chi connectivity index (χ0n) is 10.4. The van der Waals surface area contributed by atoms with Gasteiger partial charge >= 0.3 is 5.97 Å². The molecule has 0 saturated carbocycles. The van der Waals surface area contributed by atoms with Crippen LogP contribution in [-0.4, -0.2) is 23.6 Å². The Morgan fingerprint density at radius 1 is 1.24 bits per heavy atom. The summed E-state index contributed by atoms with van der Waals surface area (Å²) in [7, 11) is 0. The zero-order chi connectivity index (χ0) is 13.6. The molecule has 1 amide bonds. The molecule has 0 spiro atoms. The zero-order valence-corrected chi connectivity index (χ0v) is 10.4. The van der Waals surface area contributed by atoms with Crippen LogP contribution in [0.2, 0.25) is 0 Å². The first-order chi connectivity index (χ1) is 7.67. The average Bonchev–Trinajstić information content (AvgIpc) is 2.14. The van der Waals surface area contributed by atoms with E-state index in [1.54, 1.807) is 27.7 Å². The number of hydrogen-bond donors (Lipinski definition) is 2. The Morgan fingerprint density at radius 3 is 2.12 bits per heavy atom. The highest BCUT2D eigenvalue weighted by Crippen LogP contribution is 2.10. The minimum absolute atomic E-state index is 0.598. The fraction of sp³-hybridized carbons (Fsp3) is 0.636. The maximum Gasteiger partial charge on any atom is 0.331 e. The highest BCUT2D eigenvalue weighted by molar-refractivity contribution is 6.00. The summed E-state index contributed by atoms with van der Waals surface area (Å²) in [5.74, 6) is 6.79. The quantitative estimate of drug-likeness (QED) is 0.306. The molecule has 0 radical (unpaired) electrons. The lowest BCUT2D eigenvalue weighted by molar-refractivity contribution is -0.159. The van der Waals surface area contributed by atoms with E-state index >= 15 is 0 Å². The van der Waals surface area contributed by atoms with Gasteiger partial charge in [-0.1, -0.05) is 11.8 Å². The lowest BCUT2D eigenvalue weighted by Crippen LogP contribution is -2.35. The van der Waals surface area contributed by atoms with Gasteiger partial charge in [0.1, 0.15) is 11.7 Å². The molecule has 17 heavy (non-hydrogen) atoms. The van der Waals surface area contributed by atoms with E-state index in [-0.39, 0.29) is 0 Å². The van der Waals surface area contributed by atoms with E-state index in [4.69, 9.17) is 16.4 Å². The number of primary amides is 1. The summed E-state index contributed by atoms with van der Waals surface area (Å²) < 4.78 is 5.01. The number of esters is 1. The van der Waals surface area contributed by atoms with Crippen LogP contribution in [0.4, 0.5) is 0 Å². The molecule has 2 unspecified atom stereocenters. The second kappa shape index (κ2) is 6.23. The maximum absolute atomic E-state index is 11.6. The van der Waals surface area contributed by atoms with Gasteiger partial charge in [0.25, 0.3) is 0 Å². The van der Waals surface area contributed by atoms with E-state index in [9.17, 15) is 9.59 Å². The van der Waals surface area contributed by atoms with Gasteiger partial charge < -0.3 is 10.5 Å². The highest BCUT2D eigenvalue weighted by Gasteiger charge is 2.28. The Labute approximate surface area is 101 Å². The largest absolute Gasteiger partial charge is 0.459 e. The van der Waals surface area contributed by atoms with Crippen molar-refractivity contribution in [3.63, 3.8) is 0 Å². The Kier molecular flexibility index (Phi) is 5.65. The van der Waals surface area contributed by atoms with Crippen LogP contribution in [0.3, 0.4) is 0 Å². The Hall–Kier alpha value is -1.58. The molecule has 6 heteroatoms. The summed E-state index contributed by atoms with van der Waals surface area (Å²) >= 11 is 0. The third kappa shape index (κ3) is 6.56. The van der Waals surface area contributed by atoms with Crippen molar-refractivity contribution in [3.05, 3.63) is 0 Å². The van der Waals surface area contributed by atoms with Crippen LogP contribution in [0.25, 0.3) is 0 Å². The van der Waals surface area contributed by atoms with Gasteiger partial charge in [-0.3, -0.25) is 14.4 Å². The lowest BCUT2D eigenvalue weighted by atomic mass is 10.1. The summed E-state index contributed by atoms with van der Waals surface area (Å²) in [4.78, 5) is 27.1. The van der Waals surface area contributed by atoms with Crippen LogP contribution < -0.4 is 11.6 Å². The number of ether oxygens (including phenoxy) is 1. The highest BCUT2D eigenvalue weighted by atomic mass is 16.6. The maximum atomic E-state index is 11.6. The monoisotopic (exact) mass is 242 g/mol. The number of rotatable bonds is 3. The summed E-state index contributed by atoms with van der Waals surface area (Å²) in [6.45, 7) is 6.62. The molecule has 0 aromatic heterocycles. The number of carbonyl (C=O) groups excluding carboxylic acids is 2. The molecule has 0 aromatic carbocycles. The van der Waals surface area contributed by atoms with Gasteiger partial charge in [0.15, 0.2) is 5.92 Å². The van der Waals surface area contributed by atoms with E-state index in [0.717, 1.165) is 0 Å². The first-order valence-electron chi connectivity index (χ1n) is 5.06. The molecule has 6 nitrogen and oxygen atoms in total. The fourth-order valence-electron chi connectivity index (χ4n) is 0.842. The predicted molar refractivity (Wildman–Crippen MR) is 61.0 cm³/mol. The number of hydrogen-bond acceptors (Lipinski definition) is 5. The van der Waals surface area contributed by atoms with Crippen LogP contribution in [0.1, 0.15) is 27.7 Å². The van der Waals surface area contributed by atoms with E-state index in [0.29, 0.717) is 0 Å². The summed E-state index contributed by atoms with van der Waals surface area (Å²) in [5.41, 5.74) is 4.36. The van der Waals surface area contributed by atoms with Crippen molar-refractivity contribution in [2.45, 2.75) is 39.4 Å². The molecule has 2 atom stereocenters. The van der Waals surface area contributed by atoms with Crippen LogP contribution in [0.5, 0.6) is 0 Å². The third-order valence-corrected chi connectivity index (χ3v) is 1.56. The van der Waals surface area contributed by atoms with Crippen molar-refractivity contribution in [3.8, 4) is 11.8 Å². The number of carbonyl (C=O) groups is 2. The molecule has 0 heterocycles. The lowest BCUT2D eigenvalue weighted by Gasteiger charge is -2.20. The Morgan fingerprint density at radius 2 is 1.76 bits per heavy atom. The summed E-state index contributed by atoms with van der Waals surface area (Å²) in [6, 6.07) is 0. The molecule has 0 fully saturated rings. The standard InChI is InChI=1S/C11H18N2O4/c1-7(17-13)5-6-8(9(12)14)10(15)16-11(2,3)4/h7-8H,13H2,1-4H3,(H2,12,14). The van der Waals surface area contributed by atoms with Gasteiger partial charge in [-0.05, 0) is 27.7 Å². The van der Waals surface area contributed by atoms with Crippen molar-refractivity contribution in [1.29, 1.82) is 0 Å². The SMILES string of the molecule is CC(C#CC(C(N)=O)C(=O)OC(C)(C)C)ON. The van der Waals surface area contributed by atoms with Gasteiger partial charge in [-0.2, -0.15) is 0 Å². The van der Waals surface area contributed by atoms with E-state index in [1.165, 1.54) is 0 Å². The van der Waals surface area contributed by atoms with E-state index in [1.807, 2.05) is 0 Å². The van der Waals surface area contributed by atoms with Gasteiger partial charge in [-0.15, -0.1) is 0 Å². The molecule has 0 bridgehead atoms. The third-order valence-electron chi connectivity index (χ3n) is 1.56. The second-order valence-corrected chi connectivity index (χ2v) is 4.44. The van der Waals surface area contributed by atoms with E-state index < -0.39 is 29.5 Å². The normalized spacial score (nSPS) is 14.2. The minimum atomic E-state index is -1.31. The number of nitrogens with two attached hydrogens (primary N) is 2. The Bertz CT molecular complexity index is 349. The first-order valence-corrected chi connectivity index (χ1v) is 5.06. The molecule has 4 N–H and O–H groups in total. The smallest absolute Gasteiger partial charge is 0.331 e. The summed E-state index contributed by atoms with van der Waals surface area (Å²) in [5, 5.41) is 0. The van der Waals surface area contributed by atoms with Crippen LogP contribution >= 0.6 is 0 Å². The van der Waals surface area contributed by atoms with Crippen molar-refractivity contribution in [1.82, 2.24) is 0 Å². The molecule has 0 aromatic rings. The molecule has 96 valence electrons. The van der Waals surface area contributed by atoms with Crippen LogP contribution in [0, 0.1) is 17.8 Å². The van der Waals surface area contributed by atoms with Gasteiger partial charge in [-0.25, -0.2) is 5.90 Å². The molecule has 0 aliphatic carbocycles. The number of amides is 1. The molecule has 0 saturated heterocycles. The van der Waals surface area contributed by atoms with Crippen LogP contribution in [0.15, 0.2) is 0 Å². The minimum Gasteiger partial charge on any atom is -0.459 e. The van der Waals surface area contributed by atoms with Crippen molar-refractivity contribution in [2.24, 2.45) is 17.5 Å². The van der Waals surface area contributed by atoms with Crippen molar-refractivity contribution in [2.75, 3.05) is 0 Å².